The van der Waals surface area contributed by atoms with Gasteiger partial charge in [-0.1, -0.05) is 6.07 Å². The van der Waals surface area contributed by atoms with Crippen molar-refractivity contribution < 1.29 is 18.7 Å². The predicted octanol–water partition coefficient (Wildman–Crippen LogP) is 4.10. The van der Waals surface area contributed by atoms with Gasteiger partial charge in [-0.3, -0.25) is 4.79 Å². The summed E-state index contributed by atoms with van der Waals surface area (Å²) in [5, 5.41) is 0. The Hall–Kier alpha value is -2.36. The summed E-state index contributed by atoms with van der Waals surface area (Å²) < 4.78 is 24.5. The van der Waals surface area contributed by atoms with E-state index in [2.05, 4.69) is 0 Å². The van der Waals surface area contributed by atoms with Gasteiger partial charge in [0.05, 0.1) is 13.2 Å². The van der Waals surface area contributed by atoms with Crippen LogP contribution in [0.25, 0.3) is 11.1 Å². The first-order chi connectivity index (χ1) is 10.2. The Bertz CT molecular complexity index is 638. The van der Waals surface area contributed by atoms with E-state index in [-0.39, 0.29) is 5.82 Å². The van der Waals surface area contributed by atoms with Crippen LogP contribution in [0.5, 0.6) is 11.5 Å². The smallest absolute Gasteiger partial charge is 0.150 e. The van der Waals surface area contributed by atoms with Crippen molar-refractivity contribution >= 4 is 6.29 Å². The number of carbonyl (C=O) groups excluding carboxylic acids is 1. The van der Waals surface area contributed by atoms with Crippen molar-refractivity contribution in [2.24, 2.45) is 0 Å². The van der Waals surface area contributed by atoms with Crippen LogP contribution in [0.3, 0.4) is 0 Å². The van der Waals surface area contributed by atoms with Gasteiger partial charge in [0.2, 0.25) is 0 Å². The highest BCUT2D eigenvalue weighted by Crippen LogP contribution is 2.37. The summed E-state index contributed by atoms with van der Waals surface area (Å²) in [5.41, 5.74) is 2.03. The zero-order chi connectivity index (χ0) is 15.2. The lowest BCUT2D eigenvalue weighted by molar-refractivity contribution is 0.112. The van der Waals surface area contributed by atoms with Crippen molar-refractivity contribution in [2.75, 3.05) is 13.2 Å². The minimum absolute atomic E-state index is 0.357. The highest BCUT2D eigenvalue weighted by atomic mass is 19.1. The average molecular weight is 288 g/mol. The number of aldehydes is 1. The molecular weight excluding hydrogens is 271 g/mol. The molecule has 2 aromatic carbocycles. The maximum Gasteiger partial charge on any atom is 0.150 e. The Kier molecular flexibility index (Phi) is 4.93. The van der Waals surface area contributed by atoms with Gasteiger partial charge in [0.15, 0.2) is 0 Å². The Morgan fingerprint density at radius 1 is 0.952 bits per heavy atom. The quantitative estimate of drug-likeness (QED) is 0.751. The lowest BCUT2D eigenvalue weighted by Gasteiger charge is -2.15. The molecule has 0 saturated carbocycles. The van der Waals surface area contributed by atoms with Crippen LogP contribution in [-0.4, -0.2) is 19.5 Å². The zero-order valence-corrected chi connectivity index (χ0v) is 12.1. The van der Waals surface area contributed by atoms with Crippen molar-refractivity contribution in [3.05, 3.63) is 47.8 Å². The first-order valence-electron chi connectivity index (χ1n) is 6.84. The second-order valence-corrected chi connectivity index (χ2v) is 4.38. The molecule has 0 N–H and O–H groups in total. The van der Waals surface area contributed by atoms with Crippen molar-refractivity contribution in [2.45, 2.75) is 13.8 Å². The monoisotopic (exact) mass is 288 g/mol. The van der Waals surface area contributed by atoms with Gasteiger partial charge in [0.1, 0.15) is 23.6 Å². The second-order valence-electron chi connectivity index (χ2n) is 4.38. The van der Waals surface area contributed by atoms with Crippen LogP contribution in [0.15, 0.2) is 36.4 Å². The van der Waals surface area contributed by atoms with E-state index in [1.54, 1.807) is 24.3 Å². The SMILES string of the molecule is CCOc1cc(F)ccc1-c1ccc(C=O)cc1OCC. The molecule has 110 valence electrons. The number of rotatable bonds is 6. The predicted molar refractivity (Wildman–Crippen MR) is 79.6 cm³/mol. The standard InChI is InChI=1S/C17H17FO3/c1-3-20-16-9-12(11-19)5-7-14(16)15-8-6-13(18)10-17(15)21-4-2/h5-11H,3-4H2,1-2H3. The molecule has 0 spiro atoms. The van der Waals surface area contributed by atoms with Crippen LogP contribution in [0, 0.1) is 5.82 Å². The van der Waals surface area contributed by atoms with Crippen LogP contribution in [0.4, 0.5) is 4.39 Å². The van der Waals surface area contributed by atoms with E-state index in [1.165, 1.54) is 12.1 Å². The van der Waals surface area contributed by atoms with E-state index in [0.29, 0.717) is 30.3 Å². The number of benzene rings is 2. The van der Waals surface area contributed by atoms with E-state index >= 15 is 0 Å². The van der Waals surface area contributed by atoms with E-state index in [4.69, 9.17) is 9.47 Å². The molecule has 0 aromatic heterocycles. The van der Waals surface area contributed by atoms with Gasteiger partial charge < -0.3 is 9.47 Å². The first-order valence-corrected chi connectivity index (χ1v) is 6.84. The fourth-order valence-corrected chi connectivity index (χ4v) is 2.10. The molecule has 0 heterocycles. The van der Waals surface area contributed by atoms with Gasteiger partial charge in [0, 0.05) is 22.8 Å². The third-order valence-corrected chi connectivity index (χ3v) is 2.98. The fraction of sp³-hybridized carbons (Fsp3) is 0.235. The van der Waals surface area contributed by atoms with Gasteiger partial charge in [-0.25, -0.2) is 4.39 Å². The molecule has 0 amide bonds. The normalized spacial score (nSPS) is 10.2. The summed E-state index contributed by atoms with van der Waals surface area (Å²) in [6.07, 6.45) is 0.764. The Morgan fingerprint density at radius 2 is 1.52 bits per heavy atom. The summed E-state index contributed by atoms with van der Waals surface area (Å²) >= 11 is 0. The molecule has 0 bridgehead atoms. The van der Waals surface area contributed by atoms with Crippen LogP contribution in [0.2, 0.25) is 0 Å². The van der Waals surface area contributed by atoms with Gasteiger partial charge >= 0.3 is 0 Å². The molecule has 3 nitrogen and oxygen atoms in total. The van der Waals surface area contributed by atoms with Crippen molar-refractivity contribution in [1.82, 2.24) is 0 Å². The summed E-state index contributed by atoms with van der Waals surface area (Å²) in [4.78, 5) is 10.9. The molecule has 0 saturated heterocycles. The van der Waals surface area contributed by atoms with Gasteiger partial charge in [-0.05, 0) is 38.1 Å². The number of carbonyl (C=O) groups is 1. The minimum atomic E-state index is -0.357. The number of hydrogen-bond donors (Lipinski definition) is 0. The van der Waals surface area contributed by atoms with Gasteiger partial charge in [0.25, 0.3) is 0 Å². The molecule has 0 radical (unpaired) electrons. The molecule has 0 fully saturated rings. The molecule has 4 heteroatoms. The molecule has 0 unspecified atom stereocenters. The highest BCUT2D eigenvalue weighted by molar-refractivity contribution is 5.82. The lowest BCUT2D eigenvalue weighted by atomic mass is 10.0. The van der Waals surface area contributed by atoms with Crippen LogP contribution >= 0.6 is 0 Å². The summed E-state index contributed by atoms with van der Waals surface area (Å²) in [5.74, 6) is 0.677. The number of hydrogen-bond acceptors (Lipinski definition) is 3. The Balaban J connectivity index is 2.57. The molecule has 0 aliphatic heterocycles. The van der Waals surface area contributed by atoms with E-state index in [1.807, 2.05) is 13.8 Å². The van der Waals surface area contributed by atoms with E-state index < -0.39 is 0 Å². The maximum atomic E-state index is 13.4. The molecular formula is C17H17FO3. The molecule has 0 aliphatic carbocycles. The highest BCUT2D eigenvalue weighted by Gasteiger charge is 2.13. The second kappa shape index (κ2) is 6.88. The molecule has 0 atom stereocenters. The number of ether oxygens (including phenoxy) is 2. The molecule has 0 aliphatic rings. The minimum Gasteiger partial charge on any atom is -0.493 e. The topological polar surface area (TPSA) is 35.5 Å². The van der Waals surface area contributed by atoms with Crippen molar-refractivity contribution in [3.8, 4) is 22.6 Å². The van der Waals surface area contributed by atoms with E-state index in [0.717, 1.165) is 17.4 Å². The molecule has 21 heavy (non-hydrogen) atoms. The third-order valence-electron chi connectivity index (χ3n) is 2.98. The van der Waals surface area contributed by atoms with Crippen molar-refractivity contribution in [1.29, 1.82) is 0 Å². The van der Waals surface area contributed by atoms with Crippen LogP contribution in [-0.2, 0) is 0 Å². The maximum absolute atomic E-state index is 13.4. The first kappa shape index (κ1) is 15.0. The van der Waals surface area contributed by atoms with E-state index in [9.17, 15) is 9.18 Å². The van der Waals surface area contributed by atoms with Crippen LogP contribution < -0.4 is 9.47 Å². The fourth-order valence-electron chi connectivity index (χ4n) is 2.10. The summed E-state index contributed by atoms with van der Waals surface area (Å²) in [6.45, 7) is 4.62. The lowest BCUT2D eigenvalue weighted by Crippen LogP contribution is -1.99. The van der Waals surface area contributed by atoms with Crippen molar-refractivity contribution in [3.63, 3.8) is 0 Å². The largest absolute Gasteiger partial charge is 0.493 e. The number of halogens is 1. The Labute approximate surface area is 123 Å². The molecule has 2 rings (SSSR count). The average Bonchev–Trinajstić information content (AvgIpc) is 2.48. The third kappa shape index (κ3) is 3.40. The summed E-state index contributed by atoms with van der Waals surface area (Å²) in [6, 6.07) is 9.53. The Morgan fingerprint density at radius 3 is 2.10 bits per heavy atom. The summed E-state index contributed by atoms with van der Waals surface area (Å²) in [7, 11) is 0. The van der Waals surface area contributed by atoms with Gasteiger partial charge in [-0.15, -0.1) is 0 Å². The van der Waals surface area contributed by atoms with Crippen LogP contribution in [0.1, 0.15) is 24.2 Å². The zero-order valence-electron chi connectivity index (χ0n) is 12.1. The molecule has 2 aromatic rings. The van der Waals surface area contributed by atoms with Gasteiger partial charge in [-0.2, -0.15) is 0 Å².